The minimum absolute atomic E-state index is 0.0487. The fourth-order valence-electron chi connectivity index (χ4n) is 5.29. The van der Waals surface area contributed by atoms with Gasteiger partial charge in [-0.15, -0.1) is 0 Å². The molecule has 0 saturated heterocycles. The zero-order valence-corrected chi connectivity index (χ0v) is 28.3. The fourth-order valence-corrected chi connectivity index (χ4v) is 5.29. The van der Waals surface area contributed by atoms with E-state index in [4.69, 9.17) is 23.4 Å². The predicted molar refractivity (Wildman–Crippen MR) is 188 cm³/mol. The zero-order chi connectivity index (χ0) is 34.6. The van der Waals surface area contributed by atoms with Crippen LogP contribution in [-0.2, 0) is 4.79 Å². The summed E-state index contributed by atoms with van der Waals surface area (Å²) < 4.78 is 27.2. The largest absolute Gasteiger partial charge is 0.497 e. The first-order valence-electron chi connectivity index (χ1n) is 15.8. The van der Waals surface area contributed by atoms with E-state index in [1.807, 2.05) is 30.3 Å². The summed E-state index contributed by atoms with van der Waals surface area (Å²) >= 11 is 0. The van der Waals surface area contributed by atoms with Gasteiger partial charge in [0.2, 0.25) is 5.75 Å². The Morgan fingerprint density at radius 2 is 1.44 bits per heavy atom. The number of hydrogen-bond acceptors (Lipinski definition) is 9. The molecule has 0 radical (unpaired) electrons. The normalized spacial score (nSPS) is 11.2. The zero-order valence-electron chi connectivity index (χ0n) is 28.3. The van der Waals surface area contributed by atoms with Gasteiger partial charge < -0.3 is 38.9 Å². The molecule has 0 unspecified atom stereocenters. The summed E-state index contributed by atoms with van der Waals surface area (Å²) in [6.45, 7) is 6.45. The van der Waals surface area contributed by atoms with Gasteiger partial charge in [-0.05, 0) is 86.4 Å². The van der Waals surface area contributed by atoms with E-state index in [0.29, 0.717) is 76.6 Å². The van der Waals surface area contributed by atoms with Crippen molar-refractivity contribution in [1.82, 2.24) is 10.6 Å². The van der Waals surface area contributed by atoms with Crippen molar-refractivity contribution < 1.29 is 33.0 Å². The van der Waals surface area contributed by atoms with Crippen LogP contribution >= 0.6 is 0 Å². The number of anilines is 1. The number of benzene rings is 3. The molecule has 254 valence electrons. The van der Waals surface area contributed by atoms with E-state index in [1.54, 1.807) is 43.5 Å². The minimum atomic E-state index is -0.686. The van der Waals surface area contributed by atoms with Crippen LogP contribution in [0.2, 0.25) is 0 Å². The van der Waals surface area contributed by atoms with E-state index in [9.17, 15) is 14.4 Å². The van der Waals surface area contributed by atoms with Crippen LogP contribution in [0.4, 0.5) is 5.69 Å². The van der Waals surface area contributed by atoms with Crippen LogP contribution in [0.5, 0.6) is 23.0 Å². The van der Waals surface area contributed by atoms with Crippen LogP contribution in [0.3, 0.4) is 0 Å². The molecule has 0 bridgehead atoms. The van der Waals surface area contributed by atoms with Gasteiger partial charge in [0.25, 0.3) is 11.8 Å². The molecule has 0 spiro atoms. The molecule has 4 rings (SSSR count). The molecular weight excluding hydrogens is 614 g/mol. The lowest BCUT2D eigenvalue weighted by molar-refractivity contribution is -0.115. The van der Waals surface area contributed by atoms with E-state index in [0.717, 1.165) is 18.8 Å². The van der Waals surface area contributed by atoms with Crippen LogP contribution in [0, 0.1) is 0 Å². The van der Waals surface area contributed by atoms with Crippen LogP contribution in [0.15, 0.2) is 69.9 Å². The molecule has 48 heavy (non-hydrogen) atoms. The molecule has 0 aliphatic rings. The number of unbranched alkanes of at least 4 members (excludes halogenated alkanes) is 1. The van der Waals surface area contributed by atoms with Crippen molar-refractivity contribution in [2.45, 2.75) is 26.7 Å². The third kappa shape index (κ3) is 8.47. The van der Waals surface area contributed by atoms with Gasteiger partial charge in [-0.3, -0.25) is 9.59 Å². The highest BCUT2D eigenvalue weighted by Crippen LogP contribution is 2.39. The summed E-state index contributed by atoms with van der Waals surface area (Å²) in [5, 5.41) is 6.43. The number of nitrogens with zero attached hydrogens (tertiary/aromatic N) is 1. The molecule has 0 atom stereocenters. The first-order chi connectivity index (χ1) is 23.3. The standard InChI is InChI=1S/C37H43N3O8/c1-7-40(8-2)27-14-11-26-22-30(37(43)48-31(26)23-27)36(42)39-18-10-9-17-38-35(41)29(25-12-15-28(44-3)16-13-25)19-24-20-32(45-4)34(47-6)33(21-24)46-5/h11-16,19-23H,7-10,17-18H2,1-6H3,(H,38,41)(H,39,42)/b29-19+. The Kier molecular flexibility index (Phi) is 12.5. The molecule has 2 N–H and O–H groups in total. The second-order valence-electron chi connectivity index (χ2n) is 10.8. The third-order valence-corrected chi connectivity index (χ3v) is 7.91. The van der Waals surface area contributed by atoms with Gasteiger partial charge in [0.15, 0.2) is 11.5 Å². The monoisotopic (exact) mass is 657 g/mol. The van der Waals surface area contributed by atoms with E-state index in [2.05, 4.69) is 29.4 Å². The number of fused-ring (bicyclic) bond motifs is 1. The van der Waals surface area contributed by atoms with Gasteiger partial charge in [-0.1, -0.05) is 12.1 Å². The van der Waals surface area contributed by atoms with Crippen molar-refractivity contribution in [2.75, 3.05) is 59.5 Å². The molecule has 0 saturated carbocycles. The lowest BCUT2D eigenvalue weighted by Crippen LogP contribution is -2.30. The average molecular weight is 658 g/mol. The number of ether oxygens (including phenoxy) is 4. The molecule has 0 aliphatic carbocycles. The Bertz CT molecular complexity index is 1790. The fraction of sp³-hybridized carbons (Fsp3) is 0.324. The lowest BCUT2D eigenvalue weighted by Gasteiger charge is -2.21. The van der Waals surface area contributed by atoms with Gasteiger partial charge in [-0.2, -0.15) is 0 Å². The number of carbonyl (C=O) groups excluding carboxylic acids is 2. The molecule has 4 aromatic rings. The Labute approximate surface area is 280 Å². The van der Waals surface area contributed by atoms with Gasteiger partial charge in [0.1, 0.15) is 16.9 Å². The van der Waals surface area contributed by atoms with Crippen LogP contribution in [-0.4, -0.2) is 66.4 Å². The van der Waals surface area contributed by atoms with E-state index >= 15 is 0 Å². The van der Waals surface area contributed by atoms with Crippen LogP contribution in [0.1, 0.15) is 48.2 Å². The maximum absolute atomic E-state index is 13.5. The maximum atomic E-state index is 13.5. The molecule has 1 aromatic heterocycles. The molecular formula is C37H43N3O8. The number of nitrogens with one attached hydrogen (secondary N) is 2. The lowest BCUT2D eigenvalue weighted by atomic mass is 10.0. The van der Waals surface area contributed by atoms with Crippen LogP contribution in [0.25, 0.3) is 22.6 Å². The first kappa shape index (κ1) is 35.4. The van der Waals surface area contributed by atoms with E-state index < -0.39 is 11.5 Å². The summed E-state index contributed by atoms with van der Waals surface area (Å²) in [4.78, 5) is 41.1. The molecule has 0 fully saturated rings. The highest BCUT2D eigenvalue weighted by Gasteiger charge is 2.17. The smallest absolute Gasteiger partial charge is 0.349 e. The van der Waals surface area contributed by atoms with Gasteiger partial charge >= 0.3 is 5.63 Å². The summed E-state index contributed by atoms with van der Waals surface area (Å²) in [5.41, 5.74) is 2.44. The van der Waals surface area contributed by atoms with Crippen molar-refractivity contribution in [1.29, 1.82) is 0 Å². The Morgan fingerprint density at radius 3 is 2.02 bits per heavy atom. The maximum Gasteiger partial charge on any atom is 0.349 e. The topological polar surface area (TPSA) is 129 Å². The quantitative estimate of drug-likeness (QED) is 0.0691. The summed E-state index contributed by atoms with van der Waals surface area (Å²) in [6.07, 6.45) is 2.92. The Hall–Kier alpha value is -5.45. The number of rotatable bonds is 16. The molecule has 0 aliphatic heterocycles. The second-order valence-corrected chi connectivity index (χ2v) is 10.8. The highest BCUT2D eigenvalue weighted by molar-refractivity contribution is 6.24. The molecule has 1 heterocycles. The first-order valence-corrected chi connectivity index (χ1v) is 15.8. The summed E-state index contributed by atoms with van der Waals surface area (Å²) in [6, 6.07) is 17.9. The molecule has 2 amide bonds. The Morgan fingerprint density at radius 1 is 0.792 bits per heavy atom. The third-order valence-electron chi connectivity index (χ3n) is 7.91. The second kappa shape index (κ2) is 16.9. The van der Waals surface area contributed by atoms with Crippen molar-refractivity contribution >= 4 is 40.1 Å². The van der Waals surface area contributed by atoms with Gasteiger partial charge in [0, 0.05) is 48.9 Å². The molecule has 11 nitrogen and oxygen atoms in total. The predicted octanol–water partition coefficient (Wildman–Crippen LogP) is 5.54. The van der Waals surface area contributed by atoms with Crippen molar-refractivity contribution in [2.24, 2.45) is 0 Å². The van der Waals surface area contributed by atoms with Crippen LogP contribution < -0.4 is 40.1 Å². The SMILES string of the molecule is CCN(CC)c1ccc2cc(C(=O)NCCCCNC(=O)/C(=C/c3cc(OC)c(OC)c(OC)c3)c3ccc(OC)cc3)c(=O)oc2c1. The number of amides is 2. The van der Waals surface area contributed by atoms with E-state index in [-0.39, 0.29) is 11.5 Å². The van der Waals surface area contributed by atoms with E-state index in [1.165, 1.54) is 21.3 Å². The average Bonchev–Trinajstić information content (AvgIpc) is 3.11. The van der Waals surface area contributed by atoms with Crippen molar-refractivity contribution in [3.8, 4) is 23.0 Å². The van der Waals surface area contributed by atoms with Gasteiger partial charge in [-0.25, -0.2) is 4.79 Å². The number of methoxy groups -OCH3 is 4. The van der Waals surface area contributed by atoms with Gasteiger partial charge in [0.05, 0.1) is 28.4 Å². The van der Waals surface area contributed by atoms with Crippen molar-refractivity contribution in [3.05, 3.63) is 87.8 Å². The highest BCUT2D eigenvalue weighted by atomic mass is 16.5. The Balaban J connectivity index is 1.39. The van der Waals surface area contributed by atoms with Crippen molar-refractivity contribution in [3.63, 3.8) is 0 Å². The number of carbonyl (C=O) groups is 2. The number of hydrogen-bond donors (Lipinski definition) is 2. The minimum Gasteiger partial charge on any atom is -0.497 e. The molecule has 11 heteroatoms. The summed E-state index contributed by atoms with van der Waals surface area (Å²) in [7, 11) is 6.17. The summed E-state index contributed by atoms with van der Waals surface area (Å²) in [5.74, 6) is 1.26. The molecule has 3 aromatic carbocycles.